The third kappa shape index (κ3) is 5.18. The molecule has 9 heteroatoms. The standard InChI is InChI=1S/C29H32N4O3S2/c1-3-33(4-2)38(35,36)21-14-15-27(32-16-8-5-9-17-32)25(19-21)31-29(34)23-20-26(28-13-10-18-37-28)30-24-12-7-6-11-22(23)24/h6-7,10-15,18-20H,3-5,8-9,16-17H2,1-2H3,(H,31,34). The lowest BCUT2D eigenvalue weighted by atomic mass is 10.1. The van der Waals surface area contributed by atoms with Gasteiger partial charge in [0.15, 0.2) is 0 Å². The minimum absolute atomic E-state index is 0.177. The number of benzene rings is 2. The van der Waals surface area contributed by atoms with E-state index in [1.807, 2.05) is 67.8 Å². The Labute approximate surface area is 228 Å². The van der Waals surface area contributed by atoms with E-state index in [0.29, 0.717) is 24.3 Å². The van der Waals surface area contributed by atoms with Crippen molar-refractivity contribution in [3.63, 3.8) is 0 Å². The summed E-state index contributed by atoms with van der Waals surface area (Å²) in [6.07, 6.45) is 3.29. The molecular weight excluding hydrogens is 516 g/mol. The van der Waals surface area contributed by atoms with Crippen molar-refractivity contribution in [3.8, 4) is 10.6 Å². The average molecular weight is 549 g/mol. The van der Waals surface area contributed by atoms with E-state index in [-0.39, 0.29) is 10.8 Å². The number of thiophene rings is 1. The van der Waals surface area contributed by atoms with Crippen LogP contribution >= 0.6 is 11.3 Å². The van der Waals surface area contributed by atoms with Crippen LogP contribution in [0.4, 0.5) is 11.4 Å². The first-order valence-corrected chi connectivity index (χ1v) is 15.4. The molecule has 1 N–H and O–H groups in total. The molecule has 1 fully saturated rings. The number of hydrogen-bond acceptors (Lipinski definition) is 6. The zero-order valence-corrected chi connectivity index (χ0v) is 23.3. The molecule has 5 rings (SSSR count). The molecule has 0 unspecified atom stereocenters. The number of para-hydroxylation sites is 1. The van der Waals surface area contributed by atoms with E-state index in [1.165, 1.54) is 10.7 Å². The number of fused-ring (bicyclic) bond motifs is 1. The lowest BCUT2D eigenvalue weighted by Crippen LogP contribution is -2.32. The maximum absolute atomic E-state index is 13.9. The summed E-state index contributed by atoms with van der Waals surface area (Å²) in [5.41, 5.74) is 3.31. The summed E-state index contributed by atoms with van der Waals surface area (Å²) in [6.45, 7) is 6.14. The van der Waals surface area contributed by atoms with Gasteiger partial charge in [0.05, 0.1) is 37.9 Å². The highest BCUT2D eigenvalue weighted by Gasteiger charge is 2.25. The summed E-state index contributed by atoms with van der Waals surface area (Å²) >= 11 is 1.57. The van der Waals surface area contributed by atoms with E-state index in [9.17, 15) is 13.2 Å². The smallest absolute Gasteiger partial charge is 0.256 e. The fourth-order valence-corrected chi connectivity index (χ4v) is 7.17. The number of carbonyl (C=O) groups is 1. The maximum atomic E-state index is 13.9. The van der Waals surface area contributed by atoms with Gasteiger partial charge in [0, 0.05) is 31.6 Å². The topological polar surface area (TPSA) is 82.6 Å². The normalized spacial score (nSPS) is 14.2. The monoisotopic (exact) mass is 548 g/mol. The number of anilines is 2. The molecule has 2 aromatic carbocycles. The third-order valence-corrected chi connectivity index (χ3v) is 9.93. The number of carbonyl (C=O) groups excluding carboxylic acids is 1. The Hall–Kier alpha value is -3.27. The minimum atomic E-state index is -3.69. The molecule has 3 heterocycles. The first-order valence-electron chi connectivity index (χ1n) is 13.1. The Morgan fingerprint density at radius 3 is 2.47 bits per heavy atom. The average Bonchev–Trinajstić information content (AvgIpc) is 3.49. The predicted octanol–water partition coefficient (Wildman–Crippen LogP) is 6.24. The minimum Gasteiger partial charge on any atom is -0.370 e. The molecule has 0 aliphatic carbocycles. The second-order valence-electron chi connectivity index (χ2n) is 9.32. The predicted molar refractivity (Wildman–Crippen MR) is 156 cm³/mol. The number of rotatable bonds is 8. The van der Waals surface area contributed by atoms with Gasteiger partial charge in [0.1, 0.15) is 0 Å². The van der Waals surface area contributed by atoms with Gasteiger partial charge in [-0.2, -0.15) is 4.31 Å². The summed E-state index contributed by atoms with van der Waals surface area (Å²) in [7, 11) is -3.69. The molecule has 1 aliphatic rings. The van der Waals surface area contributed by atoms with Crippen molar-refractivity contribution in [1.29, 1.82) is 0 Å². The molecule has 1 aliphatic heterocycles. The van der Waals surface area contributed by atoms with Gasteiger partial charge in [-0.15, -0.1) is 11.3 Å². The van der Waals surface area contributed by atoms with Gasteiger partial charge in [-0.1, -0.05) is 38.1 Å². The Bertz CT molecular complexity index is 1540. The number of pyridine rings is 1. The molecule has 38 heavy (non-hydrogen) atoms. The van der Waals surface area contributed by atoms with E-state index in [4.69, 9.17) is 4.98 Å². The lowest BCUT2D eigenvalue weighted by Gasteiger charge is -2.31. The number of hydrogen-bond donors (Lipinski definition) is 1. The Kier molecular flexibility index (Phi) is 7.78. The summed E-state index contributed by atoms with van der Waals surface area (Å²) in [5.74, 6) is -0.294. The van der Waals surface area contributed by atoms with Crippen LogP contribution in [-0.2, 0) is 10.0 Å². The Morgan fingerprint density at radius 1 is 1.00 bits per heavy atom. The zero-order chi connectivity index (χ0) is 26.7. The fourth-order valence-electron chi connectivity index (χ4n) is 5.00. The van der Waals surface area contributed by atoms with E-state index in [1.54, 1.807) is 23.5 Å². The van der Waals surface area contributed by atoms with Crippen LogP contribution < -0.4 is 10.2 Å². The number of nitrogens with zero attached hydrogens (tertiary/aromatic N) is 3. The third-order valence-electron chi connectivity index (χ3n) is 6.99. The molecular formula is C29H32N4O3S2. The van der Waals surface area contributed by atoms with Crippen LogP contribution in [-0.4, -0.2) is 49.8 Å². The molecule has 1 amide bonds. The van der Waals surface area contributed by atoms with Crippen molar-refractivity contribution < 1.29 is 13.2 Å². The van der Waals surface area contributed by atoms with Crippen LogP contribution in [0.1, 0.15) is 43.5 Å². The van der Waals surface area contributed by atoms with Crippen LogP contribution in [0.2, 0.25) is 0 Å². The van der Waals surface area contributed by atoms with Crippen molar-refractivity contribution in [1.82, 2.24) is 9.29 Å². The summed E-state index contributed by atoms with van der Waals surface area (Å²) in [5, 5.41) is 5.82. The number of aromatic nitrogens is 1. The molecule has 198 valence electrons. The van der Waals surface area contributed by atoms with Gasteiger partial charge in [0.25, 0.3) is 5.91 Å². The molecule has 1 saturated heterocycles. The van der Waals surface area contributed by atoms with Crippen LogP contribution in [0.5, 0.6) is 0 Å². The Morgan fingerprint density at radius 2 is 1.76 bits per heavy atom. The van der Waals surface area contributed by atoms with Gasteiger partial charge in [-0.3, -0.25) is 4.79 Å². The molecule has 7 nitrogen and oxygen atoms in total. The molecule has 4 aromatic rings. The van der Waals surface area contributed by atoms with Gasteiger partial charge in [-0.25, -0.2) is 13.4 Å². The first-order chi connectivity index (χ1) is 18.4. The molecule has 0 bridgehead atoms. The van der Waals surface area contributed by atoms with Crippen LogP contribution in [0.15, 0.2) is 70.9 Å². The SMILES string of the molecule is CCN(CC)S(=O)(=O)c1ccc(N2CCCCC2)c(NC(=O)c2cc(-c3cccs3)nc3ccccc23)c1. The highest BCUT2D eigenvalue weighted by molar-refractivity contribution is 7.89. The molecule has 0 saturated carbocycles. The Balaban J connectivity index is 1.59. The maximum Gasteiger partial charge on any atom is 0.256 e. The fraction of sp³-hybridized carbons (Fsp3) is 0.310. The van der Waals surface area contributed by atoms with Crippen molar-refractivity contribution >= 4 is 49.5 Å². The van der Waals surface area contributed by atoms with E-state index in [0.717, 1.165) is 53.1 Å². The molecule has 2 aromatic heterocycles. The quantitative estimate of drug-likeness (QED) is 0.282. The van der Waals surface area contributed by atoms with E-state index in [2.05, 4.69) is 10.2 Å². The zero-order valence-electron chi connectivity index (χ0n) is 21.7. The lowest BCUT2D eigenvalue weighted by molar-refractivity contribution is 0.102. The van der Waals surface area contributed by atoms with Crippen LogP contribution in [0.25, 0.3) is 21.5 Å². The highest BCUT2D eigenvalue weighted by atomic mass is 32.2. The second kappa shape index (κ2) is 11.2. The second-order valence-corrected chi connectivity index (χ2v) is 12.2. The molecule has 0 radical (unpaired) electrons. The van der Waals surface area contributed by atoms with E-state index >= 15 is 0 Å². The number of nitrogens with one attached hydrogen (secondary N) is 1. The summed E-state index contributed by atoms with van der Waals surface area (Å²) < 4.78 is 28.1. The van der Waals surface area contributed by atoms with Crippen LogP contribution in [0, 0.1) is 0 Å². The van der Waals surface area contributed by atoms with Gasteiger partial charge in [0.2, 0.25) is 10.0 Å². The number of amides is 1. The largest absolute Gasteiger partial charge is 0.370 e. The van der Waals surface area contributed by atoms with Crippen molar-refractivity contribution in [2.45, 2.75) is 38.0 Å². The summed E-state index contributed by atoms with van der Waals surface area (Å²) in [6, 6.07) is 18.5. The number of piperidine rings is 1. The van der Waals surface area contributed by atoms with Crippen molar-refractivity contribution in [3.05, 3.63) is 71.6 Å². The van der Waals surface area contributed by atoms with Crippen molar-refractivity contribution in [2.75, 3.05) is 36.4 Å². The van der Waals surface area contributed by atoms with Crippen molar-refractivity contribution in [2.24, 2.45) is 0 Å². The first kappa shape index (κ1) is 26.3. The molecule has 0 spiro atoms. The van der Waals surface area contributed by atoms with Gasteiger partial charge >= 0.3 is 0 Å². The summed E-state index contributed by atoms with van der Waals surface area (Å²) in [4.78, 5) is 22.0. The van der Waals surface area contributed by atoms with E-state index < -0.39 is 10.0 Å². The van der Waals surface area contributed by atoms with Crippen LogP contribution in [0.3, 0.4) is 0 Å². The van der Waals surface area contributed by atoms with Gasteiger partial charge in [-0.05, 0) is 61.0 Å². The highest BCUT2D eigenvalue weighted by Crippen LogP contribution is 2.34. The molecule has 0 atom stereocenters. The number of sulfonamides is 1. The van der Waals surface area contributed by atoms with Gasteiger partial charge < -0.3 is 10.2 Å².